The predicted octanol–water partition coefficient (Wildman–Crippen LogP) is 4.81. The van der Waals surface area contributed by atoms with E-state index >= 15 is 0 Å². The lowest BCUT2D eigenvalue weighted by molar-refractivity contribution is 0.687. The van der Waals surface area contributed by atoms with Crippen molar-refractivity contribution in [1.82, 2.24) is 9.78 Å². The monoisotopic (exact) mass is 400 g/mol. The molecule has 2 N–H and O–H groups in total. The largest absolute Gasteiger partial charge is 0.332 e. The van der Waals surface area contributed by atoms with E-state index < -0.39 is 0 Å². The Morgan fingerprint density at radius 1 is 1.12 bits per heavy atom. The second-order valence-electron chi connectivity index (χ2n) is 5.51. The van der Waals surface area contributed by atoms with Crippen LogP contribution in [0.5, 0.6) is 0 Å². The molecule has 1 aromatic heterocycles. The summed E-state index contributed by atoms with van der Waals surface area (Å²) in [5.74, 6) is 0. The summed E-state index contributed by atoms with van der Waals surface area (Å²) >= 11 is 8.80. The van der Waals surface area contributed by atoms with E-state index in [1.165, 1.54) is 5.56 Å². The highest BCUT2D eigenvalue weighted by molar-refractivity contribution is 9.10. The van der Waals surface area contributed by atoms with Gasteiger partial charge in [0, 0.05) is 17.6 Å². The van der Waals surface area contributed by atoms with Crippen molar-refractivity contribution in [2.45, 2.75) is 13.5 Å². The summed E-state index contributed by atoms with van der Waals surface area (Å²) in [6.45, 7) is 2.76. The number of anilines is 2. The lowest BCUT2D eigenvalue weighted by atomic mass is 10.2. The van der Waals surface area contributed by atoms with Gasteiger partial charge in [-0.2, -0.15) is 5.10 Å². The molecule has 0 atom stereocenters. The van der Waals surface area contributed by atoms with Crippen LogP contribution in [0.4, 0.5) is 11.4 Å². The summed E-state index contributed by atoms with van der Waals surface area (Å²) in [5, 5.41) is 11.3. The zero-order valence-corrected chi connectivity index (χ0v) is 15.6. The Bertz CT molecular complexity index is 859. The van der Waals surface area contributed by atoms with Gasteiger partial charge in [0.05, 0.1) is 17.2 Å². The average Bonchev–Trinajstić information content (AvgIpc) is 2.92. The Kier molecular flexibility index (Phi) is 5.27. The van der Waals surface area contributed by atoms with Gasteiger partial charge in [-0.3, -0.25) is 4.68 Å². The van der Waals surface area contributed by atoms with E-state index in [1.54, 1.807) is 6.20 Å². The standard InChI is InChI=1S/C18H17BrN4S/c1-13-4-2-6-16(8-13)21-18(24)22-17-7-3-5-14(9-17)11-23-12-15(19)10-20-23/h2-10,12H,11H2,1H3,(H2,21,22,24). The predicted molar refractivity (Wildman–Crippen MR) is 106 cm³/mol. The molecule has 0 bridgehead atoms. The van der Waals surface area contributed by atoms with Crippen molar-refractivity contribution in [1.29, 1.82) is 0 Å². The second-order valence-corrected chi connectivity index (χ2v) is 6.83. The molecule has 0 amide bonds. The molecule has 3 rings (SSSR count). The molecule has 1 heterocycles. The lowest BCUT2D eigenvalue weighted by Crippen LogP contribution is -2.19. The van der Waals surface area contributed by atoms with E-state index in [4.69, 9.17) is 12.2 Å². The molecule has 0 aliphatic carbocycles. The molecule has 0 spiro atoms. The molecule has 0 aliphatic rings. The molecule has 122 valence electrons. The van der Waals surface area contributed by atoms with E-state index in [0.717, 1.165) is 21.4 Å². The summed E-state index contributed by atoms with van der Waals surface area (Å²) in [7, 11) is 0. The van der Waals surface area contributed by atoms with Crippen molar-refractivity contribution in [3.8, 4) is 0 Å². The lowest BCUT2D eigenvalue weighted by Gasteiger charge is -2.12. The van der Waals surface area contributed by atoms with Crippen LogP contribution in [0.3, 0.4) is 0 Å². The van der Waals surface area contributed by atoms with Crippen molar-refractivity contribution in [3.63, 3.8) is 0 Å². The van der Waals surface area contributed by atoms with Crippen LogP contribution in [0.1, 0.15) is 11.1 Å². The summed E-state index contributed by atoms with van der Waals surface area (Å²) < 4.78 is 2.85. The number of halogens is 1. The molecule has 0 fully saturated rings. The van der Waals surface area contributed by atoms with Crippen LogP contribution in [0.15, 0.2) is 65.4 Å². The number of thiocarbonyl (C=S) groups is 1. The molecule has 0 unspecified atom stereocenters. The maximum atomic E-state index is 5.39. The quantitative estimate of drug-likeness (QED) is 0.616. The van der Waals surface area contributed by atoms with E-state index in [0.29, 0.717) is 11.7 Å². The third kappa shape index (κ3) is 4.66. The van der Waals surface area contributed by atoms with Crippen molar-refractivity contribution in [2.75, 3.05) is 10.6 Å². The molecule has 24 heavy (non-hydrogen) atoms. The van der Waals surface area contributed by atoms with Gasteiger partial charge in [0.2, 0.25) is 0 Å². The highest BCUT2D eigenvalue weighted by atomic mass is 79.9. The molecular formula is C18H17BrN4S. The maximum absolute atomic E-state index is 5.39. The highest BCUT2D eigenvalue weighted by Gasteiger charge is 2.02. The number of benzene rings is 2. The van der Waals surface area contributed by atoms with Crippen LogP contribution in [0.25, 0.3) is 0 Å². The number of hydrogen-bond acceptors (Lipinski definition) is 2. The van der Waals surface area contributed by atoms with Gasteiger partial charge >= 0.3 is 0 Å². The summed E-state index contributed by atoms with van der Waals surface area (Å²) in [6, 6.07) is 16.2. The van der Waals surface area contributed by atoms with Crippen LogP contribution in [0.2, 0.25) is 0 Å². The van der Waals surface area contributed by atoms with Gasteiger partial charge < -0.3 is 10.6 Å². The minimum absolute atomic E-state index is 0.569. The Labute approximate surface area is 155 Å². The summed E-state index contributed by atoms with van der Waals surface area (Å²) in [5.41, 5.74) is 4.26. The summed E-state index contributed by atoms with van der Waals surface area (Å²) in [6.07, 6.45) is 3.73. The molecule has 6 heteroatoms. The highest BCUT2D eigenvalue weighted by Crippen LogP contribution is 2.15. The van der Waals surface area contributed by atoms with Gasteiger partial charge in [0.1, 0.15) is 0 Å². The molecule has 0 aliphatic heterocycles. The maximum Gasteiger partial charge on any atom is 0.175 e. The Hall–Kier alpha value is -2.18. The number of nitrogens with one attached hydrogen (secondary N) is 2. The first-order chi connectivity index (χ1) is 11.6. The van der Waals surface area contributed by atoms with Gasteiger partial charge in [0.15, 0.2) is 5.11 Å². The van der Waals surface area contributed by atoms with E-state index in [2.05, 4.69) is 62.9 Å². The van der Waals surface area contributed by atoms with E-state index in [1.807, 2.05) is 35.1 Å². The molecule has 2 aromatic carbocycles. The van der Waals surface area contributed by atoms with Gasteiger partial charge in [-0.05, 0) is 70.5 Å². The topological polar surface area (TPSA) is 41.9 Å². The number of hydrogen-bond donors (Lipinski definition) is 2. The fourth-order valence-corrected chi connectivity index (χ4v) is 2.94. The minimum atomic E-state index is 0.569. The first-order valence-corrected chi connectivity index (χ1v) is 8.70. The molecule has 3 aromatic rings. The van der Waals surface area contributed by atoms with Crippen LogP contribution < -0.4 is 10.6 Å². The van der Waals surface area contributed by atoms with Crippen molar-refractivity contribution >= 4 is 44.6 Å². The zero-order chi connectivity index (χ0) is 16.9. The zero-order valence-electron chi connectivity index (χ0n) is 13.2. The molecule has 0 saturated carbocycles. The normalized spacial score (nSPS) is 10.4. The van der Waals surface area contributed by atoms with Crippen molar-refractivity contribution < 1.29 is 0 Å². The number of rotatable bonds is 4. The smallest absolute Gasteiger partial charge is 0.175 e. The van der Waals surface area contributed by atoms with E-state index in [-0.39, 0.29) is 0 Å². The summed E-state index contributed by atoms with van der Waals surface area (Å²) in [4.78, 5) is 0. The third-order valence-corrected chi connectivity index (χ3v) is 4.02. The second kappa shape index (κ2) is 7.59. The molecular weight excluding hydrogens is 384 g/mol. The number of nitrogens with zero attached hydrogens (tertiary/aromatic N) is 2. The van der Waals surface area contributed by atoms with Gasteiger partial charge in [-0.25, -0.2) is 0 Å². The number of aryl methyl sites for hydroxylation is 1. The van der Waals surface area contributed by atoms with Gasteiger partial charge in [-0.1, -0.05) is 24.3 Å². The first-order valence-electron chi connectivity index (χ1n) is 7.50. The molecule has 0 radical (unpaired) electrons. The number of aromatic nitrogens is 2. The Morgan fingerprint density at radius 3 is 2.50 bits per heavy atom. The SMILES string of the molecule is Cc1cccc(NC(=S)Nc2cccc(Cn3cc(Br)cn3)c2)c1. The van der Waals surface area contributed by atoms with Crippen LogP contribution in [-0.4, -0.2) is 14.9 Å². The van der Waals surface area contributed by atoms with Gasteiger partial charge in [0.25, 0.3) is 0 Å². The molecule has 0 saturated heterocycles. The first kappa shape index (κ1) is 16.7. The van der Waals surface area contributed by atoms with Crippen LogP contribution in [0, 0.1) is 6.92 Å². The average molecular weight is 401 g/mol. The minimum Gasteiger partial charge on any atom is -0.332 e. The van der Waals surface area contributed by atoms with E-state index in [9.17, 15) is 0 Å². The third-order valence-electron chi connectivity index (χ3n) is 3.41. The van der Waals surface area contributed by atoms with Crippen LogP contribution in [-0.2, 0) is 6.54 Å². The van der Waals surface area contributed by atoms with Crippen molar-refractivity contribution in [2.24, 2.45) is 0 Å². The Balaban J connectivity index is 1.64. The van der Waals surface area contributed by atoms with Gasteiger partial charge in [-0.15, -0.1) is 0 Å². The van der Waals surface area contributed by atoms with Crippen LogP contribution >= 0.6 is 28.1 Å². The fraction of sp³-hybridized carbons (Fsp3) is 0.111. The fourth-order valence-electron chi connectivity index (χ4n) is 2.38. The Morgan fingerprint density at radius 2 is 1.83 bits per heavy atom. The molecule has 4 nitrogen and oxygen atoms in total. The van der Waals surface area contributed by atoms with Crippen molar-refractivity contribution in [3.05, 3.63) is 76.5 Å².